The number of methoxy groups -OCH3 is 4. The Morgan fingerprint density at radius 2 is 1.59 bits per heavy atom. The summed E-state index contributed by atoms with van der Waals surface area (Å²) in [5.74, 6) is -3.63. The minimum absolute atomic E-state index is 0.00157. The third-order valence-electron chi connectivity index (χ3n) is 11.5. The molecule has 14 nitrogen and oxygen atoms in total. The minimum atomic E-state index is -1.03. The molecule has 1 unspecified atom stereocenters. The van der Waals surface area contributed by atoms with Gasteiger partial charge in [0.1, 0.15) is 17.6 Å². The molecule has 1 heterocycles. The molecular formula is C41H68FN5O9. The lowest BCUT2D eigenvalue weighted by molar-refractivity contribution is -0.152. The number of ketones is 1. The van der Waals surface area contributed by atoms with Gasteiger partial charge in [0.25, 0.3) is 0 Å². The number of likely N-dealkylation sites (N-methyl/N-ethyl adjacent to an activating group) is 2. The number of Topliss-reactive ketones (excluding diaryl/α,β-unsaturated/α-hetero) is 1. The number of carbonyl (C=O) groups is 5. The second-order valence-corrected chi connectivity index (χ2v) is 15.9. The Labute approximate surface area is 333 Å². The van der Waals surface area contributed by atoms with E-state index in [4.69, 9.17) is 18.9 Å². The second-order valence-electron chi connectivity index (χ2n) is 15.9. The van der Waals surface area contributed by atoms with Crippen molar-refractivity contribution >= 4 is 29.4 Å². The minimum Gasteiger partial charge on any atom is -0.497 e. The van der Waals surface area contributed by atoms with Crippen LogP contribution in [0.15, 0.2) is 18.2 Å². The molecule has 1 aliphatic rings. The van der Waals surface area contributed by atoms with Crippen LogP contribution < -0.4 is 20.7 Å². The molecule has 2 rings (SSSR count). The fourth-order valence-corrected chi connectivity index (χ4v) is 8.02. The first kappa shape index (κ1) is 48.5. The quantitative estimate of drug-likeness (QED) is 0.148. The number of likely N-dealkylation sites (tertiary alicyclic amines) is 1. The smallest absolute Gasteiger partial charge is 0.245 e. The second kappa shape index (κ2) is 21.8. The molecule has 0 saturated carbocycles. The third kappa shape index (κ3) is 11.5. The van der Waals surface area contributed by atoms with Crippen molar-refractivity contribution < 1.29 is 47.3 Å². The molecule has 56 heavy (non-hydrogen) atoms. The van der Waals surface area contributed by atoms with Crippen LogP contribution in [-0.4, -0.2) is 137 Å². The van der Waals surface area contributed by atoms with Crippen molar-refractivity contribution in [2.45, 2.75) is 117 Å². The van der Waals surface area contributed by atoms with Gasteiger partial charge in [-0.25, -0.2) is 4.39 Å². The van der Waals surface area contributed by atoms with Crippen LogP contribution in [0.1, 0.15) is 85.0 Å². The number of hydrogen-bond acceptors (Lipinski definition) is 10. The molecular weight excluding hydrogens is 725 g/mol. The van der Waals surface area contributed by atoms with Gasteiger partial charge in [-0.3, -0.25) is 24.0 Å². The molecule has 0 bridgehead atoms. The summed E-state index contributed by atoms with van der Waals surface area (Å²) < 4.78 is 37.3. The van der Waals surface area contributed by atoms with E-state index in [1.807, 2.05) is 48.5 Å². The molecule has 1 aliphatic heterocycles. The molecule has 4 amide bonds. The number of nitrogens with zero attached hydrogens (tertiary/aromatic N) is 2. The van der Waals surface area contributed by atoms with Crippen LogP contribution in [0.25, 0.3) is 0 Å². The average molecular weight is 794 g/mol. The van der Waals surface area contributed by atoms with Gasteiger partial charge in [-0.15, -0.1) is 0 Å². The lowest BCUT2D eigenvalue weighted by atomic mass is 9.82. The Balaban J connectivity index is 2.36. The van der Waals surface area contributed by atoms with Crippen molar-refractivity contribution in [1.29, 1.82) is 0 Å². The van der Waals surface area contributed by atoms with Crippen molar-refractivity contribution in [2.75, 3.05) is 55.6 Å². The maximum atomic E-state index is 14.6. The first-order valence-electron chi connectivity index (χ1n) is 19.6. The Morgan fingerprint density at radius 3 is 2.07 bits per heavy atom. The van der Waals surface area contributed by atoms with Crippen molar-refractivity contribution in [1.82, 2.24) is 25.8 Å². The van der Waals surface area contributed by atoms with Crippen molar-refractivity contribution in [2.24, 2.45) is 23.7 Å². The van der Waals surface area contributed by atoms with Gasteiger partial charge in [-0.2, -0.15) is 0 Å². The summed E-state index contributed by atoms with van der Waals surface area (Å²) >= 11 is 0. The number of halogens is 1. The highest BCUT2D eigenvalue weighted by molar-refractivity contribution is 6.00. The van der Waals surface area contributed by atoms with Crippen LogP contribution in [0.5, 0.6) is 5.75 Å². The van der Waals surface area contributed by atoms with Crippen LogP contribution in [0, 0.1) is 29.5 Å². The standard InChI is InChI=1S/C41H68FN5O9/c1-15-25(6)36(46(10)40(52)35(24(4)5)45-39(51)34(43-9)23(2)3)32(55-13)19-33(49)47-22-28(54-12)20-41(47,8)37(56-14)26(7)38(50)44-21-31(48)29-17-16-27(53-11)18-30(29)42/h16-18,23-26,28,32,34-37,43H,15,19-22H2,1-14H3,(H,44,50)(H,45,51)/t25?,26-,28-,32-,34+,35+,36+,37-,41+/m1/s1. The van der Waals surface area contributed by atoms with Crippen LogP contribution in [0.2, 0.25) is 0 Å². The predicted octanol–water partition coefficient (Wildman–Crippen LogP) is 3.45. The predicted molar refractivity (Wildman–Crippen MR) is 212 cm³/mol. The first-order chi connectivity index (χ1) is 26.3. The Kier molecular flexibility index (Phi) is 18.8. The molecule has 0 spiro atoms. The fraction of sp³-hybridized carbons (Fsp3) is 0.732. The lowest BCUT2D eigenvalue weighted by Gasteiger charge is -2.44. The number of amides is 4. The highest BCUT2D eigenvalue weighted by Gasteiger charge is 2.53. The van der Waals surface area contributed by atoms with E-state index in [0.717, 1.165) is 6.07 Å². The number of rotatable bonds is 22. The van der Waals surface area contributed by atoms with Crippen LogP contribution in [0.3, 0.4) is 0 Å². The first-order valence-corrected chi connectivity index (χ1v) is 19.6. The van der Waals surface area contributed by atoms with Gasteiger partial charge in [0.05, 0.1) is 67.5 Å². The summed E-state index contributed by atoms with van der Waals surface area (Å²) in [6, 6.07) is 2.04. The van der Waals surface area contributed by atoms with Crippen molar-refractivity contribution in [3.05, 3.63) is 29.6 Å². The van der Waals surface area contributed by atoms with E-state index in [1.54, 1.807) is 37.9 Å². The number of benzene rings is 1. The van der Waals surface area contributed by atoms with Gasteiger partial charge in [0, 0.05) is 47.4 Å². The van der Waals surface area contributed by atoms with Gasteiger partial charge < -0.3 is 44.7 Å². The molecule has 0 aliphatic carbocycles. The summed E-state index contributed by atoms with van der Waals surface area (Å²) in [4.78, 5) is 71.6. The van der Waals surface area contributed by atoms with Gasteiger partial charge >= 0.3 is 0 Å². The van der Waals surface area contributed by atoms with Gasteiger partial charge in [0.15, 0.2) is 5.78 Å². The van der Waals surface area contributed by atoms with Crippen LogP contribution in [0.4, 0.5) is 4.39 Å². The number of carbonyl (C=O) groups excluding carboxylic acids is 5. The van der Waals surface area contributed by atoms with E-state index < -0.39 is 65.8 Å². The van der Waals surface area contributed by atoms with Crippen LogP contribution in [-0.2, 0) is 33.4 Å². The summed E-state index contributed by atoms with van der Waals surface area (Å²) in [6.07, 6.45) is -0.989. The molecule has 9 atom stereocenters. The zero-order valence-corrected chi connectivity index (χ0v) is 36.0. The van der Waals surface area contributed by atoms with Gasteiger partial charge in [0.2, 0.25) is 23.6 Å². The van der Waals surface area contributed by atoms with Crippen molar-refractivity contribution in [3.8, 4) is 5.75 Å². The Hall–Kier alpha value is -3.66. The summed E-state index contributed by atoms with van der Waals surface area (Å²) in [5, 5.41) is 8.61. The van der Waals surface area contributed by atoms with E-state index in [1.165, 1.54) is 33.5 Å². The number of ether oxygens (including phenoxy) is 4. The molecule has 1 aromatic carbocycles. The molecule has 15 heteroatoms. The Bertz CT molecular complexity index is 1490. The molecule has 1 fully saturated rings. The van der Waals surface area contributed by atoms with E-state index >= 15 is 0 Å². The summed E-state index contributed by atoms with van der Waals surface area (Å²) in [7, 11) is 9.32. The summed E-state index contributed by atoms with van der Waals surface area (Å²) in [6.45, 7) is 14.9. The van der Waals surface area contributed by atoms with E-state index in [0.29, 0.717) is 12.8 Å². The zero-order valence-electron chi connectivity index (χ0n) is 36.0. The third-order valence-corrected chi connectivity index (χ3v) is 11.5. The maximum Gasteiger partial charge on any atom is 0.245 e. The molecule has 0 radical (unpaired) electrons. The van der Waals surface area contributed by atoms with Crippen molar-refractivity contribution in [3.63, 3.8) is 0 Å². The van der Waals surface area contributed by atoms with Gasteiger partial charge in [-0.05, 0) is 43.9 Å². The molecule has 318 valence electrons. The molecule has 1 saturated heterocycles. The number of hydrogen-bond donors (Lipinski definition) is 3. The lowest BCUT2D eigenvalue weighted by Crippen LogP contribution is -2.60. The van der Waals surface area contributed by atoms with Gasteiger partial charge in [-0.1, -0.05) is 54.9 Å². The number of nitrogens with one attached hydrogen (secondary N) is 3. The maximum absolute atomic E-state index is 14.6. The molecule has 1 aromatic rings. The molecule has 0 aromatic heterocycles. The fourth-order valence-electron chi connectivity index (χ4n) is 8.02. The normalized spacial score (nSPS) is 20.8. The van der Waals surface area contributed by atoms with E-state index in [9.17, 15) is 28.4 Å². The highest BCUT2D eigenvalue weighted by atomic mass is 19.1. The monoisotopic (exact) mass is 794 g/mol. The van der Waals surface area contributed by atoms with Crippen LogP contribution >= 0.6 is 0 Å². The van der Waals surface area contributed by atoms with E-state index in [2.05, 4.69) is 16.0 Å². The average Bonchev–Trinajstić information content (AvgIpc) is 3.51. The van der Waals surface area contributed by atoms with E-state index in [-0.39, 0.29) is 65.9 Å². The SMILES string of the molecule is CCC(C)[C@@H]([C@@H](CC(=O)N1C[C@H](OC)C[C@@]1(C)[C@H](OC)[C@@H](C)C(=O)NCC(=O)c1ccc(OC)cc1F)OC)N(C)C(=O)[C@@H](NC(=O)[C@@H](NC)C(C)C)C(C)C. The zero-order chi connectivity index (χ0) is 42.7. The summed E-state index contributed by atoms with van der Waals surface area (Å²) in [5.41, 5.74) is -1.22. The highest BCUT2D eigenvalue weighted by Crippen LogP contribution is 2.39. The molecule has 3 N–H and O–H groups in total. The topological polar surface area (TPSA) is 165 Å². The largest absolute Gasteiger partial charge is 0.497 e. The Morgan fingerprint density at radius 1 is 0.964 bits per heavy atom.